The summed E-state index contributed by atoms with van der Waals surface area (Å²) >= 11 is 0. The molecule has 1 aromatic carbocycles. The zero-order valence-corrected chi connectivity index (χ0v) is 15.1. The Morgan fingerprint density at radius 3 is 2.56 bits per heavy atom. The monoisotopic (exact) mass is 346 g/mol. The highest BCUT2D eigenvalue weighted by atomic mass is 16.5. The van der Waals surface area contributed by atoms with Gasteiger partial charge in [-0.2, -0.15) is 0 Å². The van der Waals surface area contributed by atoms with Crippen LogP contribution in [-0.2, 0) is 25.7 Å². The lowest BCUT2D eigenvalue weighted by Crippen LogP contribution is -2.38. The number of carbonyl (C=O) groups excluding carboxylic acids is 3. The number of aryl methyl sites for hydroxylation is 1. The van der Waals surface area contributed by atoms with Crippen molar-refractivity contribution in [2.75, 3.05) is 20.2 Å². The molecule has 6 heteroatoms. The number of benzene rings is 1. The SMILES string of the molecule is COC(=O)CN(Cc1ccccc1C)C(=O)CCNC(=O)C1CC1C. The van der Waals surface area contributed by atoms with E-state index in [0.717, 1.165) is 17.5 Å². The molecule has 2 atom stereocenters. The Hall–Kier alpha value is -2.37. The van der Waals surface area contributed by atoms with Gasteiger partial charge in [-0.05, 0) is 30.4 Å². The highest BCUT2D eigenvalue weighted by molar-refractivity contribution is 5.84. The average Bonchev–Trinajstić information content (AvgIpc) is 3.32. The van der Waals surface area contributed by atoms with E-state index in [2.05, 4.69) is 5.32 Å². The van der Waals surface area contributed by atoms with Crippen molar-refractivity contribution in [1.82, 2.24) is 10.2 Å². The molecule has 1 fully saturated rings. The Morgan fingerprint density at radius 2 is 1.96 bits per heavy atom. The van der Waals surface area contributed by atoms with Gasteiger partial charge in [-0.15, -0.1) is 0 Å². The predicted molar refractivity (Wildman–Crippen MR) is 93.5 cm³/mol. The number of methoxy groups -OCH3 is 1. The molecule has 2 rings (SSSR count). The number of nitrogens with one attached hydrogen (secondary N) is 1. The molecule has 1 aliphatic rings. The molecule has 1 N–H and O–H groups in total. The molecule has 0 aromatic heterocycles. The summed E-state index contributed by atoms with van der Waals surface area (Å²) in [5.74, 6) is -0.102. The van der Waals surface area contributed by atoms with Crippen LogP contribution in [0.5, 0.6) is 0 Å². The summed E-state index contributed by atoms with van der Waals surface area (Å²) in [5, 5.41) is 2.80. The van der Waals surface area contributed by atoms with Gasteiger partial charge in [0.05, 0.1) is 7.11 Å². The van der Waals surface area contributed by atoms with E-state index >= 15 is 0 Å². The van der Waals surface area contributed by atoms with Crippen LogP contribution in [0.15, 0.2) is 24.3 Å². The lowest BCUT2D eigenvalue weighted by Gasteiger charge is -2.22. The molecule has 136 valence electrons. The molecule has 0 aliphatic heterocycles. The third-order valence-electron chi connectivity index (χ3n) is 4.61. The highest BCUT2D eigenvalue weighted by Gasteiger charge is 2.38. The van der Waals surface area contributed by atoms with E-state index in [-0.39, 0.29) is 37.2 Å². The molecular weight excluding hydrogens is 320 g/mol. The number of amides is 2. The molecule has 0 radical (unpaired) electrons. The van der Waals surface area contributed by atoms with Crippen LogP contribution < -0.4 is 5.32 Å². The van der Waals surface area contributed by atoms with Crippen molar-refractivity contribution in [3.63, 3.8) is 0 Å². The van der Waals surface area contributed by atoms with Gasteiger partial charge in [-0.3, -0.25) is 14.4 Å². The smallest absolute Gasteiger partial charge is 0.325 e. The fourth-order valence-electron chi connectivity index (χ4n) is 2.72. The molecule has 0 bridgehead atoms. The van der Waals surface area contributed by atoms with Gasteiger partial charge >= 0.3 is 5.97 Å². The van der Waals surface area contributed by atoms with Crippen molar-refractivity contribution in [2.45, 2.75) is 33.2 Å². The van der Waals surface area contributed by atoms with Crippen LogP contribution in [0.3, 0.4) is 0 Å². The van der Waals surface area contributed by atoms with Crippen molar-refractivity contribution in [1.29, 1.82) is 0 Å². The van der Waals surface area contributed by atoms with Gasteiger partial charge in [0.2, 0.25) is 11.8 Å². The summed E-state index contributed by atoms with van der Waals surface area (Å²) in [6, 6.07) is 7.73. The second-order valence-corrected chi connectivity index (χ2v) is 6.61. The van der Waals surface area contributed by atoms with Crippen LogP contribution in [0.2, 0.25) is 0 Å². The topological polar surface area (TPSA) is 75.7 Å². The van der Waals surface area contributed by atoms with Crippen LogP contribution in [0, 0.1) is 18.8 Å². The summed E-state index contributed by atoms with van der Waals surface area (Å²) < 4.78 is 4.69. The number of hydrogen-bond donors (Lipinski definition) is 1. The van der Waals surface area contributed by atoms with E-state index in [4.69, 9.17) is 4.74 Å². The van der Waals surface area contributed by atoms with E-state index in [1.54, 1.807) is 0 Å². The first kappa shape index (κ1) is 19.0. The maximum atomic E-state index is 12.5. The molecule has 0 heterocycles. The summed E-state index contributed by atoms with van der Waals surface area (Å²) in [7, 11) is 1.30. The lowest BCUT2D eigenvalue weighted by atomic mass is 10.1. The van der Waals surface area contributed by atoms with E-state index in [0.29, 0.717) is 12.5 Å². The van der Waals surface area contributed by atoms with Crippen molar-refractivity contribution >= 4 is 17.8 Å². The molecule has 1 aromatic rings. The summed E-state index contributed by atoms with van der Waals surface area (Å²) in [6.45, 7) is 4.53. The Balaban J connectivity index is 1.91. The van der Waals surface area contributed by atoms with Gasteiger partial charge in [0, 0.05) is 25.4 Å². The van der Waals surface area contributed by atoms with Crippen molar-refractivity contribution in [2.24, 2.45) is 11.8 Å². The third kappa shape index (κ3) is 5.59. The number of carbonyl (C=O) groups is 3. The molecule has 2 amide bonds. The number of ether oxygens (including phenoxy) is 1. The van der Waals surface area contributed by atoms with Crippen LogP contribution in [0.25, 0.3) is 0 Å². The van der Waals surface area contributed by atoms with E-state index in [1.807, 2.05) is 38.1 Å². The lowest BCUT2D eigenvalue weighted by molar-refractivity contribution is -0.147. The Kier molecular flexibility index (Phi) is 6.56. The largest absolute Gasteiger partial charge is 0.468 e. The van der Waals surface area contributed by atoms with Gasteiger partial charge in [-0.1, -0.05) is 31.2 Å². The predicted octanol–water partition coefficient (Wildman–Crippen LogP) is 1.66. The van der Waals surface area contributed by atoms with Gasteiger partial charge in [-0.25, -0.2) is 0 Å². The standard InChI is InChI=1S/C19H26N2O4/c1-13-6-4-5-7-15(13)11-21(12-18(23)25-3)17(22)8-9-20-19(24)16-10-14(16)2/h4-7,14,16H,8-12H2,1-3H3,(H,20,24). The first-order chi connectivity index (χ1) is 11.9. The summed E-state index contributed by atoms with van der Waals surface area (Å²) in [4.78, 5) is 37.4. The number of esters is 1. The molecule has 1 saturated carbocycles. The fourth-order valence-corrected chi connectivity index (χ4v) is 2.72. The van der Waals surface area contributed by atoms with Crippen LogP contribution in [-0.4, -0.2) is 42.9 Å². The minimum Gasteiger partial charge on any atom is -0.468 e. The second-order valence-electron chi connectivity index (χ2n) is 6.61. The molecule has 0 saturated heterocycles. The van der Waals surface area contributed by atoms with Crippen LogP contribution in [0.1, 0.15) is 30.9 Å². The Labute approximate surface area is 148 Å². The van der Waals surface area contributed by atoms with Gasteiger partial charge < -0.3 is 15.0 Å². The number of nitrogens with zero attached hydrogens (tertiary/aromatic N) is 1. The minimum absolute atomic E-state index is 0.0127. The maximum absolute atomic E-state index is 12.5. The number of hydrogen-bond acceptors (Lipinski definition) is 4. The first-order valence-electron chi connectivity index (χ1n) is 8.59. The maximum Gasteiger partial charge on any atom is 0.325 e. The molecule has 1 aliphatic carbocycles. The summed E-state index contributed by atoms with van der Waals surface area (Å²) in [6.07, 6.45) is 1.08. The number of rotatable bonds is 8. The quantitative estimate of drug-likeness (QED) is 0.727. The molecule has 0 spiro atoms. The van der Waals surface area contributed by atoms with E-state index < -0.39 is 5.97 Å². The van der Waals surface area contributed by atoms with Crippen LogP contribution in [0.4, 0.5) is 0 Å². The van der Waals surface area contributed by atoms with Gasteiger partial charge in [0.25, 0.3) is 0 Å². The van der Waals surface area contributed by atoms with Crippen LogP contribution >= 0.6 is 0 Å². The van der Waals surface area contributed by atoms with Crippen molar-refractivity contribution in [3.8, 4) is 0 Å². The highest BCUT2D eigenvalue weighted by Crippen LogP contribution is 2.37. The molecule has 2 unspecified atom stereocenters. The third-order valence-corrected chi connectivity index (χ3v) is 4.61. The molecule has 25 heavy (non-hydrogen) atoms. The van der Waals surface area contributed by atoms with Crippen molar-refractivity contribution < 1.29 is 19.1 Å². The molecular formula is C19H26N2O4. The van der Waals surface area contributed by atoms with Crippen molar-refractivity contribution in [3.05, 3.63) is 35.4 Å². The minimum atomic E-state index is -0.460. The normalized spacial score (nSPS) is 18.4. The zero-order valence-electron chi connectivity index (χ0n) is 15.1. The van der Waals surface area contributed by atoms with Gasteiger partial charge in [0.15, 0.2) is 0 Å². The van der Waals surface area contributed by atoms with E-state index in [1.165, 1.54) is 12.0 Å². The fraction of sp³-hybridized carbons (Fsp3) is 0.526. The first-order valence-corrected chi connectivity index (χ1v) is 8.59. The second kappa shape index (κ2) is 8.65. The molecule has 6 nitrogen and oxygen atoms in total. The van der Waals surface area contributed by atoms with Gasteiger partial charge in [0.1, 0.15) is 6.54 Å². The zero-order chi connectivity index (χ0) is 18.4. The average molecular weight is 346 g/mol. The van der Waals surface area contributed by atoms with E-state index in [9.17, 15) is 14.4 Å². The Morgan fingerprint density at radius 1 is 1.28 bits per heavy atom. The summed E-state index contributed by atoms with van der Waals surface area (Å²) in [5.41, 5.74) is 2.04. The Bertz CT molecular complexity index is 644.